The van der Waals surface area contributed by atoms with Gasteiger partial charge in [0.2, 0.25) is 0 Å². The largest absolute Gasteiger partial charge is 0.497 e. The molecule has 0 atom stereocenters. The van der Waals surface area contributed by atoms with Crippen LogP contribution in [-0.2, 0) is 0 Å². The number of hydrogen-bond acceptors (Lipinski definition) is 4. The summed E-state index contributed by atoms with van der Waals surface area (Å²) in [5, 5.41) is 0. The third kappa shape index (κ3) is 3.92. The number of Topliss-reactive ketones (excluding diaryl/α,β-unsaturated/α-hetero) is 1. The van der Waals surface area contributed by atoms with Crippen molar-refractivity contribution in [1.82, 2.24) is 4.90 Å². The number of nitrogens with zero attached hydrogens (tertiary/aromatic N) is 2. The molecule has 0 bridgehead atoms. The fraction of sp³-hybridized carbons (Fsp3) is 0.316. The molecule has 1 fully saturated rings. The van der Waals surface area contributed by atoms with Crippen molar-refractivity contribution in [1.29, 1.82) is 0 Å². The third-order valence-corrected chi connectivity index (χ3v) is 4.32. The van der Waals surface area contributed by atoms with E-state index in [1.165, 1.54) is 12.1 Å². The van der Waals surface area contributed by atoms with E-state index in [-0.39, 0.29) is 11.6 Å². The molecule has 0 aliphatic carbocycles. The van der Waals surface area contributed by atoms with E-state index in [9.17, 15) is 9.18 Å². The molecular weight excluding hydrogens is 307 g/mol. The van der Waals surface area contributed by atoms with Gasteiger partial charge in [0.1, 0.15) is 11.6 Å². The molecule has 126 valence electrons. The van der Waals surface area contributed by atoms with Crippen LogP contribution >= 0.6 is 0 Å². The first-order valence-corrected chi connectivity index (χ1v) is 8.06. The zero-order valence-corrected chi connectivity index (χ0v) is 13.7. The molecule has 4 nitrogen and oxygen atoms in total. The Hall–Kier alpha value is -2.40. The van der Waals surface area contributed by atoms with E-state index in [4.69, 9.17) is 4.74 Å². The molecule has 0 amide bonds. The molecule has 3 rings (SSSR count). The van der Waals surface area contributed by atoms with Gasteiger partial charge in [0.05, 0.1) is 13.7 Å². The Bertz CT molecular complexity index is 695. The number of piperazine rings is 1. The Morgan fingerprint density at radius 1 is 1.08 bits per heavy atom. The maximum Gasteiger partial charge on any atom is 0.176 e. The van der Waals surface area contributed by atoms with Crippen LogP contribution in [0.2, 0.25) is 0 Å². The predicted octanol–water partition coefficient (Wildman–Crippen LogP) is 2.84. The molecule has 1 aliphatic rings. The van der Waals surface area contributed by atoms with Gasteiger partial charge in [-0.25, -0.2) is 4.39 Å². The number of hydrogen-bond donors (Lipinski definition) is 0. The van der Waals surface area contributed by atoms with Crippen molar-refractivity contribution in [2.45, 2.75) is 0 Å². The highest BCUT2D eigenvalue weighted by atomic mass is 19.1. The lowest BCUT2D eigenvalue weighted by molar-refractivity contribution is 0.0926. The molecule has 0 N–H and O–H groups in total. The highest BCUT2D eigenvalue weighted by molar-refractivity contribution is 5.98. The highest BCUT2D eigenvalue weighted by Gasteiger charge is 2.20. The van der Waals surface area contributed by atoms with Gasteiger partial charge in [0.15, 0.2) is 5.78 Å². The van der Waals surface area contributed by atoms with Crippen LogP contribution in [0.1, 0.15) is 10.4 Å². The molecule has 2 aromatic rings. The number of ether oxygens (including phenoxy) is 1. The van der Waals surface area contributed by atoms with Gasteiger partial charge in [-0.2, -0.15) is 0 Å². The first kappa shape index (κ1) is 16.5. The van der Waals surface area contributed by atoms with E-state index in [2.05, 4.69) is 9.80 Å². The zero-order valence-electron chi connectivity index (χ0n) is 13.7. The molecule has 0 aromatic heterocycles. The number of carbonyl (C=O) groups excluding carboxylic acids is 1. The number of benzene rings is 2. The predicted molar refractivity (Wildman–Crippen MR) is 92.4 cm³/mol. The van der Waals surface area contributed by atoms with Crippen LogP contribution in [-0.4, -0.2) is 50.5 Å². The average Bonchev–Trinajstić information content (AvgIpc) is 2.63. The molecule has 0 spiro atoms. The lowest BCUT2D eigenvalue weighted by Gasteiger charge is -2.35. The van der Waals surface area contributed by atoms with Crippen molar-refractivity contribution in [3.05, 3.63) is 59.9 Å². The van der Waals surface area contributed by atoms with Crippen molar-refractivity contribution in [2.75, 3.05) is 44.7 Å². The molecular formula is C19H21FN2O2. The second-order valence-electron chi connectivity index (χ2n) is 5.89. The number of rotatable bonds is 5. The molecule has 1 saturated heterocycles. The second kappa shape index (κ2) is 7.45. The Morgan fingerprint density at radius 3 is 2.46 bits per heavy atom. The number of halogens is 1. The lowest BCUT2D eigenvalue weighted by atomic mass is 10.1. The van der Waals surface area contributed by atoms with Crippen molar-refractivity contribution < 1.29 is 13.9 Å². The SMILES string of the molecule is COc1cccc(C(=O)CN2CCN(c3ccc(F)cc3)CC2)c1. The second-order valence-corrected chi connectivity index (χ2v) is 5.89. The number of ketones is 1. The van der Waals surface area contributed by atoms with Crippen LogP contribution in [0.15, 0.2) is 48.5 Å². The average molecular weight is 328 g/mol. The molecule has 2 aromatic carbocycles. The van der Waals surface area contributed by atoms with Crippen LogP contribution in [0.25, 0.3) is 0 Å². The molecule has 5 heteroatoms. The Balaban J connectivity index is 1.55. The van der Waals surface area contributed by atoms with E-state index in [0.717, 1.165) is 31.9 Å². The summed E-state index contributed by atoms with van der Waals surface area (Å²) in [6.45, 7) is 3.69. The summed E-state index contributed by atoms with van der Waals surface area (Å²) in [5.41, 5.74) is 1.70. The maximum absolute atomic E-state index is 13.0. The summed E-state index contributed by atoms with van der Waals surface area (Å²) in [7, 11) is 1.60. The van der Waals surface area contributed by atoms with Gasteiger partial charge in [0, 0.05) is 37.4 Å². The summed E-state index contributed by atoms with van der Waals surface area (Å²) in [4.78, 5) is 16.8. The van der Waals surface area contributed by atoms with Crippen LogP contribution in [0.4, 0.5) is 10.1 Å². The summed E-state index contributed by atoms with van der Waals surface area (Å²) in [6.07, 6.45) is 0. The van der Waals surface area contributed by atoms with E-state index in [1.807, 2.05) is 18.2 Å². The standard InChI is InChI=1S/C19H21FN2O2/c1-24-18-4-2-3-15(13-18)19(23)14-21-9-11-22(12-10-21)17-7-5-16(20)6-8-17/h2-8,13H,9-12,14H2,1H3. The Kier molecular flexibility index (Phi) is 5.11. The summed E-state index contributed by atoms with van der Waals surface area (Å²) >= 11 is 0. The van der Waals surface area contributed by atoms with Crippen molar-refractivity contribution >= 4 is 11.5 Å². The van der Waals surface area contributed by atoms with Crippen LogP contribution in [0.5, 0.6) is 5.75 Å². The monoisotopic (exact) mass is 328 g/mol. The third-order valence-electron chi connectivity index (χ3n) is 4.32. The topological polar surface area (TPSA) is 32.8 Å². The van der Waals surface area contributed by atoms with Gasteiger partial charge in [-0.3, -0.25) is 9.69 Å². The van der Waals surface area contributed by atoms with Gasteiger partial charge >= 0.3 is 0 Å². The van der Waals surface area contributed by atoms with E-state index < -0.39 is 0 Å². The molecule has 24 heavy (non-hydrogen) atoms. The first-order valence-electron chi connectivity index (χ1n) is 8.06. The summed E-state index contributed by atoms with van der Waals surface area (Å²) in [5.74, 6) is 0.576. The molecule has 0 saturated carbocycles. The number of anilines is 1. The maximum atomic E-state index is 13.0. The molecule has 1 aliphatic heterocycles. The normalized spacial score (nSPS) is 15.3. The van der Waals surface area contributed by atoms with Crippen molar-refractivity contribution in [3.8, 4) is 5.75 Å². The van der Waals surface area contributed by atoms with Gasteiger partial charge in [-0.1, -0.05) is 12.1 Å². The van der Waals surface area contributed by atoms with Crippen molar-refractivity contribution in [3.63, 3.8) is 0 Å². The van der Waals surface area contributed by atoms with E-state index >= 15 is 0 Å². The van der Waals surface area contributed by atoms with Crippen LogP contribution in [0, 0.1) is 5.82 Å². The summed E-state index contributed by atoms with van der Waals surface area (Å²) in [6, 6.07) is 13.8. The van der Waals surface area contributed by atoms with Crippen LogP contribution < -0.4 is 9.64 Å². The smallest absolute Gasteiger partial charge is 0.176 e. The first-order chi connectivity index (χ1) is 11.7. The van der Waals surface area contributed by atoms with Gasteiger partial charge in [-0.05, 0) is 36.4 Å². The number of methoxy groups -OCH3 is 1. The van der Waals surface area contributed by atoms with Gasteiger partial charge in [0.25, 0.3) is 0 Å². The Morgan fingerprint density at radius 2 is 1.79 bits per heavy atom. The van der Waals surface area contributed by atoms with Gasteiger partial charge in [-0.15, -0.1) is 0 Å². The minimum atomic E-state index is -0.221. The quantitative estimate of drug-likeness (QED) is 0.790. The van der Waals surface area contributed by atoms with Crippen LogP contribution in [0.3, 0.4) is 0 Å². The van der Waals surface area contributed by atoms with Crippen molar-refractivity contribution in [2.24, 2.45) is 0 Å². The fourth-order valence-electron chi connectivity index (χ4n) is 2.91. The van der Waals surface area contributed by atoms with E-state index in [1.54, 1.807) is 25.3 Å². The minimum absolute atomic E-state index is 0.101. The summed E-state index contributed by atoms with van der Waals surface area (Å²) < 4.78 is 18.2. The number of carbonyl (C=O) groups is 1. The minimum Gasteiger partial charge on any atom is -0.497 e. The van der Waals surface area contributed by atoms with Gasteiger partial charge < -0.3 is 9.64 Å². The fourth-order valence-corrected chi connectivity index (χ4v) is 2.91. The molecule has 1 heterocycles. The Labute approximate surface area is 141 Å². The molecule has 0 radical (unpaired) electrons. The zero-order chi connectivity index (χ0) is 16.9. The molecule has 0 unspecified atom stereocenters. The highest BCUT2D eigenvalue weighted by Crippen LogP contribution is 2.18. The lowest BCUT2D eigenvalue weighted by Crippen LogP contribution is -2.48. The van der Waals surface area contributed by atoms with E-state index in [0.29, 0.717) is 17.9 Å².